The second-order valence-electron chi connectivity index (χ2n) is 7.39. The van der Waals surface area contributed by atoms with E-state index in [0.29, 0.717) is 19.6 Å². The van der Waals surface area contributed by atoms with Gasteiger partial charge in [0.2, 0.25) is 11.8 Å². The Morgan fingerprint density at radius 2 is 2.00 bits per heavy atom. The minimum Gasteiger partial charge on any atom is -0.497 e. The predicted molar refractivity (Wildman–Crippen MR) is 115 cm³/mol. The molecular weight excluding hydrogens is 400 g/mol. The molecule has 1 fully saturated rings. The molecule has 1 saturated heterocycles. The van der Waals surface area contributed by atoms with Crippen LogP contribution < -0.4 is 9.64 Å². The maximum atomic E-state index is 13.4. The highest BCUT2D eigenvalue weighted by atomic mass is 32.1. The molecule has 2 amide bonds. The number of methoxy groups -OCH3 is 1. The Bertz CT molecular complexity index is 1010. The van der Waals surface area contributed by atoms with Crippen molar-refractivity contribution in [1.82, 2.24) is 4.90 Å². The van der Waals surface area contributed by atoms with Crippen LogP contribution in [0.4, 0.5) is 5.69 Å². The molecule has 1 unspecified atom stereocenters. The van der Waals surface area contributed by atoms with E-state index < -0.39 is 0 Å². The first-order valence-corrected chi connectivity index (χ1v) is 10.7. The molecule has 0 radical (unpaired) electrons. The number of thiophene rings is 1. The molecule has 1 aliphatic rings. The highest BCUT2D eigenvalue weighted by Crippen LogP contribution is 2.29. The van der Waals surface area contributed by atoms with Crippen LogP contribution in [-0.4, -0.2) is 30.4 Å². The SMILES string of the molecule is COc1ccc(N2CC(C(=O)N(Cc3ccco3)Cc3ccc(C)s3)CC2=O)cc1. The third-order valence-electron chi connectivity index (χ3n) is 5.24. The van der Waals surface area contributed by atoms with E-state index in [0.717, 1.165) is 22.1 Å². The molecule has 0 bridgehead atoms. The van der Waals surface area contributed by atoms with Gasteiger partial charge in [-0.25, -0.2) is 0 Å². The molecule has 1 aromatic carbocycles. The second kappa shape index (κ2) is 8.75. The lowest BCUT2D eigenvalue weighted by Crippen LogP contribution is -2.36. The Kier molecular flexibility index (Phi) is 5.90. The van der Waals surface area contributed by atoms with Gasteiger partial charge in [-0.15, -0.1) is 11.3 Å². The van der Waals surface area contributed by atoms with Crippen molar-refractivity contribution in [3.63, 3.8) is 0 Å². The Morgan fingerprint density at radius 1 is 1.20 bits per heavy atom. The molecule has 0 N–H and O–H groups in total. The number of hydrogen-bond donors (Lipinski definition) is 0. The maximum Gasteiger partial charge on any atom is 0.228 e. The normalized spacial score (nSPS) is 16.1. The number of furan rings is 1. The van der Waals surface area contributed by atoms with E-state index in [1.165, 1.54) is 4.88 Å². The minimum atomic E-state index is -0.379. The van der Waals surface area contributed by atoms with Gasteiger partial charge in [-0.2, -0.15) is 0 Å². The van der Waals surface area contributed by atoms with Crippen LogP contribution in [0, 0.1) is 12.8 Å². The number of benzene rings is 1. The van der Waals surface area contributed by atoms with Crippen molar-refractivity contribution in [3.8, 4) is 5.75 Å². The first-order valence-electron chi connectivity index (χ1n) is 9.84. The topological polar surface area (TPSA) is 63.0 Å². The van der Waals surface area contributed by atoms with E-state index in [9.17, 15) is 9.59 Å². The van der Waals surface area contributed by atoms with E-state index in [2.05, 4.69) is 13.0 Å². The molecule has 6 nitrogen and oxygen atoms in total. The van der Waals surface area contributed by atoms with Crippen molar-refractivity contribution >= 4 is 28.8 Å². The van der Waals surface area contributed by atoms with Crippen LogP contribution in [0.5, 0.6) is 5.75 Å². The summed E-state index contributed by atoms with van der Waals surface area (Å²) in [7, 11) is 1.60. The van der Waals surface area contributed by atoms with Crippen molar-refractivity contribution in [2.24, 2.45) is 5.92 Å². The summed E-state index contributed by atoms with van der Waals surface area (Å²) in [6.07, 6.45) is 1.82. The van der Waals surface area contributed by atoms with Crippen molar-refractivity contribution in [3.05, 3.63) is 70.3 Å². The number of ether oxygens (including phenoxy) is 1. The number of anilines is 1. The van der Waals surface area contributed by atoms with Crippen LogP contribution in [-0.2, 0) is 22.7 Å². The Labute approximate surface area is 179 Å². The van der Waals surface area contributed by atoms with Gasteiger partial charge in [-0.3, -0.25) is 9.59 Å². The fraction of sp³-hybridized carbons (Fsp3) is 0.304. The Balaban J connectivity index is 1.50. The van der Waals surface area contributed by atoms with E-state index in [1.807, 2.05) is 42.5 Å². The monoisotopic (exact) mass is 424 g/mol. The summed E-state index contributed by atoms with van der Waals surface area (Å²) in [5.41, 5.74) is 0.780. The minimum absolute atomic E-state index is 0.0261. The fourth-order valence-corrected chi connectivity index (χ4v) is 4.61. The van der Waals surface area contributed by atoms with Crippen molar-refractivity contribution in [2.45, 2.75) is 26.4 Å². The summed E-state index contributed by atoms with van der Waals surface area (Å²) in [5.74, 6) is 1.02. The lowest BCUT2D eigenvalue weighted by atomic mass is 10.1. The molecule has 0 saturated carbocycles. The third kappa shape index (κ3) is 4.41. The van der Waals surface area contributed by atoms with Crippen LogP contribution in [0.1, 0.15) is 21.9 Å². The highest BCUT2D eigenvalue weighted by Gasteiger charge is 2.37. The number of aryl methyl sites for hydroxylation is 1. The molecule has 3 aromatic rings. The average Bonchev–Trinajstić information content (AvgIpc) is 3.49. The lowest BCUT2D eigenvalue weighted by Gasteiger charge is -2.24. The van der Waals surface area contributed by atoms with Gasteiger partial charge in [-0.05, 0) is 55.5 Å². The van der Waals surface area contributed by atoms with Gasteiger partial charge in [0.05, 0.1) is 32.4 Å². The molecule has 1 atom stereocenters. The van der Waals surface area contributed by atoms with Crippen LogP contribution >= 0.6 is 11.3 Å². The summed E-state index contributed by atoms with van der Waals surface area (Å²) in [6, 6.07) is 15.1. The zero-order valence-electron chi connectivity index (χ0n) is 17.0. The molecule has 4 rings (SSSR count). The van der Waals surface area contributed by atoms with Crippen molar-refractivity contribution in [2.75, 3.05) is 18.6 Å². The quantitative estimate of drug-likeness (QED) is 0.569. The smallest absolute Gasteiger partial charge is 0.228 e. The molecule has 2 aromatic heterocycles. The number of hydrogen-bond acceptors (Lipinski definition) is 5. The van der Waals surface area contributed by atoms with Gasteiger partial charge in [0.25, 0.3) is 0 Å². The summed E-state index contributed by atoms with van der Waals surface area (Å²) in [4.78, 5) is 31.8. The Hall–Kier alpha value is -3.06. The largest absolute Gasteiger partial charge is 0.497 e. The standard InChI is InChI=1S/C23H24N2O4S/c1-16-5-10-21(30-16)15-24(14-20-4-3-11-29-20)23(27)17-12-22(26)25(13-17)18-6-8-19(28-2)9-7-18/h3-11,17H,12-15H2,1-2H3. The molecule has 3 heterocycles. The summed E-state index contributed by atoms with van der Waals surface area (Å²) < 4.78 is 10.7. The fourth-order valence-electron chi connectivity index (χ4n) is 3.70. The van der Waals surface area contributed by atoms with Gasteiger partial charge in [0.15, 0.2) is 0 Å². The van der Waals surface area contributed by atoms with Crippen LogP contribution in [0.2, 0.25) is 0 Å². The molecule has 0 aliphatic carbocycles. The van der Waals surface area contributed by atoms with E-state index in [4.69, 9.17) is 9.15 Å². The average molecular weight is 425 g/mol. The van der Waals surface area contributed by atoms with Crippen molar-refractivity contribution in [1.29, 1.82) is 0 Å². The molecule has 0 spiro atoms. The first kappa shape index (κ1) is 20.2. The summed E-state index contributed by atoms with van der Waals surface area (Å²) in [6.45, 7) is 3.32. The number of amides is 2. The van der Waals surface area contributed by atoms with Crippen molar-refractivity contribution < 1.29 is 18.7 Å². The number of nitrogens with zero attached hydrogens (tertiary/aromatic N) is 2. The van der Waals surface area contributed by atoms with E-state index in [-0.39, 0.29) is 24.2 Å². The maximum absolute atomic E-state index is 13.4. The number of rotatable bonds is 7. The number of carbonyl (C=O) groups is 2. The van der Waals surface area contributed by atoms with Crippen LogP contribution in [0.3, 0.4) is 0 Å². The van der Waals surface area contributed by atoms with Gasteiger partial charge in [0, 0.05) is 28.4 Å². The molecule has 1 aliphatic heterocycles. The molecular formula is C23H24N2O4S. The first-order chi connectivity index (χ1) is 14.5. The molecule has 30 heavy (non-hydrogen) atoms. The highest BCUT2D eigenvalue weighted by molar-refractivity contribution is 7.11. The summed E-state index contributed by atoms with van der Waals surface area (Å²) in [5, 5.41) is 0. The van der Waals surface area contributed by atoms with Gasteiger partial charge >= 0.3 is 0 Å². The molecule has 7 heteroatoms. The Morgan fingerprint density at radius 3 is 2.63 bits per heavy atom. The van der Waals surface area contributed by atoms with Gasteiger partial charge < -0.3 is 19.0 Å². The van der Waals surface area contributed by atoms with Crippen LogP contribution in [0.25, 0.3) is 0 Å². The van der Waals surface area contributed by atoms with Gasteiger partial charge in [0.1, 0.15) is 11.5 Å². The second-order valence-corrected chi connectivity index (χ2v) is 8.76. The lowest BCUT2D eigenvalue weighted by molar-refractivity contribution is -0.137. The predicted octanol–water partition coefficient (Wildman–Crippen LogP) is 4.24. The zero-order valence-corrected chi connectivity index (χ0v) is 17.9. The summed E-state index contributed by atoms with van der Waals surface area (Å²) >= 11 is 1.68. The van der Waals surface area contributed by atoms with E-state index in [1.54, 1.807) is 34.5 Å². The third-order valence-corrected chi connectivity index (χ3v) is 6.22. The zero-order chi connectivity index (χ0) is 21.1. The number of carbonyl (C=O) groups excluding carboxylic acids is 2. The van der Waals surface area contributed by atoms with Crippen LogP contribution in [0.15, 0.2) is 59.2 Å². The van der Waals surface area contributed by atoms with E-state index >= 15 is 0 Å². The molecule has 156 valence electrons. The van der Waals surface area contributed by atoms with Gasteiger partial charge in [-0.1, -0.05) is 0 Å².